The van der Waals surface area contributed by atoms with E-state index in [9.17, 15) is 22.8 Å². The molecule has 0 saturated heterocycles. The first-order valence-electron chi connectivity index (χ1n) is 6.79. The average Bonchev–Trinajstić information content (AvgIpc) is 3.26. The largest absolute Gasteiger partial charge is 0.573 e. The fourth-order valence-corrected chi connectivity index (χ4v) is 1.84. The molecule has 1 aromatic rings. The summed E-state index contributed by atoms with van der Waals surface area (Å²) < 4.78 is 39.7. The Morgan fingerprint density at radius 3 is 2.26 bits per heavy atom. The lowest BCUT2D eigenvalue weighted by Gasteiger charge is -2.13. The zero-order chi connectivity index (χ0) is 17.1. The van der Waals surface area contributed by atoms with Gasteiger partial charge in [-0.05, 0) is 37.1 Å². The summed E-state index contributed by atoms with van der Waals surface area (Å²) in [5, 5.41) is 13.8. The highest BCUT2D eigenvalue weighted by molar-refractivity contribution is 6.39. The number of hydrogen-bond donors (Lipinski definition) is 3. The summed E-state index contributed by atoms with van der Waals surface area (Å²) in [6.07, 6.45) is -3.23. The highest BCUT2D eigenvalue weighted by Crippen LogP contribution is 2.44. The second-order valence-corrected chi connectivity index (χ2v) is 5.37. The van der Waals surface area contributed by atoms with Crippen LogP contribution in [-0.2, 0) is 9.59 Å². The number of rotatable bonds is 5. The monoisotopic (exact) mass is 332 g/mol. The highest BCUT2D eigenvalue weighted by Gasteiger charge is 2.42. The van der Waals surface area contributed by atoms with E-state index in [0.29, 0.717) is 0 Å². The lowest BCUT2D eigenvalue weighted by molar-refractivity contribution is -0.274. The number of benzene rings is 1. The fourth-order valence-electron chi connectivity index (χ4n) is 1.84. The first kappa shape index (κ1) is 17.1. The second-order valence-electron chi connectivity index (χ2n) is 5.37. The number of anilines is 1. The van der Waals surface area contributed by atoms with Gasteiger partial charge in [0, 0.05) is 17.6 Å². The van der Waals surface area contributed by atoms with E-state index in [4.69, 9.17) is 5.11 Å². The molecule has 6 nitrogen and oxygen atoms in total. The lowest BCUT2D eigenvalue weighted by atomic mass is 10.1. The Hall–Kier alpha value is -2.29. The Kier molecular flexibility index (Phi) is 4.79. The molecule has 0 radical (unpaired) electrons. The van der Waals surface area contributed by atoms with Crippen molar-refractivity contribution in [2.75, 3.05) is 18.5 Å². The molecule has 0 atom stereocenters. The van der Waals surface area contributed by atoms with Gasteiger partial charge in [-0.2, -0.15) is 0 Å². The summed E-state index contributed by atoms with van der Waals surface area (Å²) in [7, 11) is 0. The summed E-state index contributed by atoms with van der Waals surface area (Å²) >= 11 is 0. The van der Waals surface area contributed by atoms with Gasteiger partial charge < -0.3 is 20.5 Å². The van der Waals surface area contributed by atoms with Gasteiger partial charge >= 0.3 is 18.2 Å². The maximum atomic E-state index is 12.0. The second kappa shape index (κ2) is 6.45. The van der Waals surface area contributed by atoms with Crippen LogP contribution in [0.1, 0.15) is 12.8 Å². The first-order chi connectivity index (χ1) is 10.7. The number of amides is 2. The molecule has 1 fully saturated rings. The topological polar surface area (TPSA) is 87.7 Å². The van der Waals surface area contributed by atoms with E-state index in [1.165, 1.54) is 12.1 Å². The summed E-state index contributed by atoms with van der Waals surface area (Å²) in [5.41, 5.74) is -0.171. The maximum Gasteiger partial charge on any atom is 0.573 e. The van der Waals surface area contributed by atoms with Crippen LogP contribution in [0, 0.1) is 5.41 Å². The quantitative estimate of drug-likeness (QED) is 0.712. The molecule has 0 spiro atoms. The van der Waals surface area contributed by atoms with Gasteiger partial charge in [-0.3, -0.25) is 9.59 Å². The maximum absolute atomic E-state index is 12.0. The molecule has 2 amide bonds. The molecule has 3 N–H and O–H groups in total. The van der Waals surface area contributed by atoms with Crippen molar-refractivity contribution in [3.8, 4) is 5.75 Å². The number of nitrogens with one attached hydrogen (secondary N) is 2. The molecule has 2 rings (SSSR count). The van der Waals surface area contributed by atoms with Gasteiger partial charge in [-0.15, -0.1) is 13.2 Å². The molecule has 1 aliphatic carbocycles. The van der Waals surface area contributed by atoms with Gasteiger partial charge in [0.15, 0.2) is 0 Å². The van der Waals surface area contributed by atoms with Gasteiger partial charge in [0.05, 0.1) is 6.61 Å². The van der Waals surface area contributed by atoms with Crippen molar-refractivity contribution in [2.24, 2.45) is 5.41 Å². The lowest BCUT2D eigenvalue weighted by Crippen LogP contribution is -2.39. The number of hydrogen-bond acceptors (Lipinski definition) is 4. The number of alkyl halides is 3. The summed E-state index contributed by atoms with van der Waals surface area (Å²) in [6, 6.07) is 4.41. The van der Waals surface area contributed by atoms with Crippen LogP contribution in [0.3, 0.4) is 0 Å². The number of halogens is 3. The summed E-state index contributed by atoms with van der Waals surface area (Å²) in [5.74, 6) is -2.25. The van der Waals surface area contributed by atoms with Crippen LogP contribution in [0.2, 0.25) is 0 Å². The van der Waals surface area contributed by atoms with Crippen LogP contribution in [0.25, 0.3) is 0 Å². The van der Waals surface area contributed by atoms with Crippen LogP contribution >= 0.6 is 0 Å². The summed E-state index contributed by atoms with van der Waals surface area (Å²) in [6.45, 7) is 0.143. The summed E-state index contributed by atoms with van der Waals surface area (Å²) in [4.78, 5) is 23.3. The van der Waals surface area contributed by atoms with Crippen LogP contribution < -0.4 is 15.4 Å². The van der Waals surface area contributed by atoms with E-state index >= 15 is 0 Å². The van der Waals surface area contributed by atoms with E-state index in [0.717, 1.165) is 25.0 Å². The Morgan fingerprint density at radius 1 is 1.17 bits per heavy atom. The SMILES string of the molecule is O=C(NCC1(CO)CC1)C(=O)Nc1ccc(OC(F)(F)F)cc1. The molecule has 0 bridgehead atoms. The fraction of sp³-hybridized carbons (Fsp3) is 0.429. The minimum Gasteiger partial charge on any atom is -0.406 e. The van der Waals surface area contributed by atoms with Gasteiger partial charge in [0.1, 0.15) is 5.75 Å². The van der Waals surface area contributed by atoms with Crippen molar-refractivity contribution in [3.05, 3.63) is 24.3 Å². The molecule has 23 heavy (non-hydrogen) atoms. The van der Waals surface area contributed by atoms with Gasteiger partial charge in [-0.1, -0.05) is 0 Å². The smallest absolute Gasteiger partial charge is 0.406 e. The van der Waals surface area contributed by atoms with Gasteiger partial charge in [0.2, 0.25) is 0 Å². The van der Waals surface area contributed by atoms with Crippen molar-refractivity contribution in [2.45, 2.75) is 19.2 Å². The number of carbonyl (C=O) groups excluding carboxylic acids is 2. The van der Waals surface area contributed by atoms with Gasteiger partial charge in [0.25, 0.3) is 0 Å². The third-order valence-corrected chi connectivity index (χ3v) is 3.47. The predicted molar refractivity (Wildman–Crippen MR) is 73.5 cm³/mol. The third-order valence-electron chi connectivity index (χ3n) is 3.47. The van der Waals surface area contributed by atoms with E-state index in [-0.39, 0.29) is 24.3 Å². The number of aliphatic hydroxyl groups is 1. The van der Waals surface area contributed by atoms with Crippen molar-refractivity contribution in [3.63, 3.8) is 0 Å². The van der Waals surface area contributed by atoms with E-state index < -0.39 is 23.9 Å². The Labute approximate surface area is 129 Å². The normalized spacial score (nSPS) is 15.7. The van der Waals surface area contributed by atoms with E-state index in [1.54, 1.807) is 0 Å². The molecular weight excluding hydrogens is 317 g/mol. The van der Waals surface area contributed by atoms with Crippen LogP contribution in [0.5, 0.6) is 5.75 Å². The minimum absolute atomic E-state index is 0.0600. The number of aliphatic hydroxyl groups excluding tert-OH is 1. The zero-order valence-electron chi connectivity index (χ0n) is 11.9. The molecule has 9 heteroatoms. The Bertz CT molecular complexity index is 583. The van der Waals surface area contributed by atoms with Crippen molar-refractivity contribution in [1.82, 2.24) is 5.32 Å². The van der Waals surface area contributed by atoms with Crippen molar-refractivity contribution in [1.29, 1.82) is 0 Å². The molecule has 0 aliphatic heterocycles. The molecule has 1 aromatic carbocycles. The third kappa shape index (κ3) is 5.13. The van der Waals surface area contributed by atoms with Crippen LogP contribution in [-0.4, -0.2) is 36.4 Å². The van der Waals surface area contributed by atoms with Crippen molar-refractivity contribution < 1.29 is 32.6 Å². The van der Waals surface area contributed by atoms with Crippen LogP contribution in [0.15, 0.2) is 24.3 Å². The zero-order valence-corrected chi connectivity index (χ0v) is 11.9. The van der Waals surface area contributed by atoms with Gasteiger partial charge in [-0.25, -0.2) is 0 Å². The first-order valence-corrected chi connectivity index (χ1v) is 6.79. The Balaban J connectivity index is 1.83. The van der Waals surface area contributed by atoms with Crippen LogP contribution in [0.4, 0.5) is 18.9 Å². The minimum atomic E-state index is -4.80. The van der Waals surface area contributed by atoms with E-state index in [2.05, 4.69) is 15.4 Å². The molecule has 0 unspecified atom stereocenters. The molecule has 1 aliphatic rings. The Morgan fingerprint density at radius 2 is 1.78 bits per heavy atom. The number of ether oxygens (including phenoxy) is 1. The predicted octanol–water partition coefficient (Wildman–Crippen LogP) is 1.41. The molecule has 126 valence electrons. The standard InChI is InChI=1S/C14H15F3N2O4/c15-14(16,17)23-10-3-1-9(2-4-10)19-12(22)11(21)18-7-13(8-20)5-6-13/h1-4,20H,5-8H2,(H,18,21)(H,19,22). The molecule has 1 saturated carbocycles. The molecular formula is C14H15F3N2O4. The molecule has 0 heterocycles. The average molecular weight is 332 g/mol. The number of carbonyl (C=O) groups is 2. The van der Waals surface area contributed by atoms with Crippen molar-refractivity contribution >= 4 is 17.5 Å². The highest BCUT2D eigenvalue weighted by atomic mass is 19.4. The van der Waals surface area contributed by atoms with E-state index in [1.807, 2.05) is 0 Å². The molecule has 0 aromatic heterocycles.